The molecule has 0 saturated carbocycles. The molecule has 0 saturated heterocycles. The molecule has 161 valence electrons. The molecule has 0 N–H and O–H groups in total. The third-order valence-electron chi connectivity index (χ3n) is 2.78. The summed E-state index contributed by atoms with van der Waals surface area (Å²) in [4.78, 5) is 34.3. The number of carbonyl (C=O) groups excluding carboxylic acids is 3. The predicted molar refractivity (Wildman–Crippen MR) is 100 cm³/mol. The molecule has 1 aromatic carbocycles. The van der Waals surface area contributed by atoms with Gasteiger partial charge in [-0.3, -0.25) is 4.79 Å². The smallest absolute Gasteiger partial charge is 0 e. The van der Waals surface area contributed by atoms with Gasteiger partial charge in [-0.2, -0.15) is 30.3 Å². The average Bonchev–Trinajstić information content (AvgIpc) is 2.73. The van der Waals surface area contributed by atoms with Crippen LogP contribution in [0.1, 0.15) is 36.5 Å². The van der Waals surface area contributed by atoms with Crippen molar-refractivity contribution in [2.24, 2.45) is 0 Å². The maximum atomic E-state index is 11.7. The number of ketones is 1. The van der Waals surface area contributed by atoms with Crippen molar-refractivity contribution in [2.75, 3.05) is 39.6 Å². The van der Waals surface area contributed by atoms with E-state index in [1.807, 2.05) is 6.92 Å². The fourth-order valence-electron chi connectivity index (χ4n) is 1.64. The maximum Gasteiger partial charge on any atom is 0 e. The van der Waals surface area contributed by atoms with Gasteiger partial charge >= 0.3 is 24.3 Å². The van der Waals surface area contributed by atoms with Crippen LogP contribution in [-0.4, -0.2) is 62.9 Å². The summed E-state index contributed by atoms with van der Waals surface area (Å²) in [6.45, 7) is 4.06. The first-order valence-corrected chi connectivity index (χ1v) is 10.5. The van der Waals surface area contributed by atoms with Crippen molar-refractivity contribution < 1.29 is 102 Å². The average molecular weight is 820 g/mol. The van der Waals surface area contributed by atoms with Crippen LogP contribution in [-0.2, 0) is 96.9 Å². The molecule has 1 radical (unpaired) electrons. The van der Waals surface area contributed by atoms with Gasteiger partial charge in [0.2, 0.25) is 0 Å². The molecule has 0 bridgehead atoms. The zero-order valence-corrected chi connectivity index (χ0v) is 25.4. The molecule has 9 heteroatoms. The van der Waals surface area contributed by atoms with Crippen LogP contribution in [0.2, 0.25) is 0 Å². The van der Waals surface area contributed by atoms with Crippen LogP contribution in [0.25, 0.3) is 0 Å². The zero-order valence-electron chi connectivity index (χ0n) is 16.7. The quantitative estimate of drug-likeness (QED) is 0.163. The number of carbonyl (C=O) groups is 1. The molecular formula is C20H27O6W2Y-3. The van der Waals surface area contributed by atoms with Gasteiger partial charge in [-0.25, -0.2) is 12.6 Å². The summed E-state index contributed by atoms with van der Waals surface area (Å²) in [5.74, 6) is 0.111. The van der Waals surface area contributed by atoms with Crippen molar-refractivity contribution in [1.82, 2.24) is 0 Å². The Morgan fingerprint density at radius 3 is 2.03 bits per heavy atom. The molecule has 0 heterocycles. The third kappa shape index (κ3) is 28.5. The summed E-state index contributed by atoms with van der Waals surface area (Å²) in [5.41, 5.74) is 0.707. The first-order chi connectivity index (χ1) is 13.3. The van der Waals surface area contributed by atoms with Gasteiger partial charge < -0.3 is 23.8 Å². The number of hydrogen-bond acceptors (Lipinski definition) is 6. The second-order valence-corrected chi connectivity index (χ2v) is 4.82. The molecule has 0 atom stereocenters. The van der Waals surface area contributed by atoms with E-state index in [9.17, 15) is 14.4 Å². The Morgan fingerprint density at radius 1 is 1.00 bits per heavy atom. The van der Waals surface area contributed by atoms with E-state index in [0.717, 1.165) is 6.42 Å². The topological polar surface area (TPSA) is 78.9 Å². The molecule has 0 spiro atoms. The number of benzene rings is 1. The van der Waals surface area contributed by atoms with Crippen molar-refractivity contribution in [3.8, 4) is 0 Å². The molecule has 0 aliphatic carbocycles. The monoisotopic (exact) mass is 820 g/mol. The Balaban J connectivity index is -0.000000243. The first kappa shape index (κ1) is 36.8. The van der Waals surface area contributed by atoms with Crippen molar-refractivity contribution in [1.29, 1.82) is 0 Å². The van der Waals surface area contributed by atoms with E-state index >= 15 is 0 Å². The second kappa shape index (κ2) is 33.1. The molecule has 1 rings (SSSR count). The zero-order chi connectivity index (χ0) is 20.6. The summed E-state index contributed by atoms with van der Waals surface area (Å²) in [6, 6.07) is 9.84. The standard InChI is InChI=1S/C14H16O4.C5H9O2.CH2.2W.Y/c15-8-10-18-12-11-17-9-4-7-14(16)13-5-2-1-3-6-13;1-2-4-7-5-3-6;;;;/h2-3,5-6H,4,7,9-12H2;2,4-5H2,1H3;1H2;;;/q-2;-1;;;;. The van der Waals surface area contributed by atoms with E-state index in [-0.39, 0.29) is 72.8 Å². The van der Waals surface area contributed by atoms with E-state index in [1.54, 1.807) is 36.8 Å². The Labute approximate surface area is 224 Å². The van der Waals surface area contributed by atoms with Crippen molar-refractivity contribution in [2.45, 2.75) is 26.2 Å². The number of hydrogen-bond donors (Lipinski definition) is 0. The van der Waals surface area contributed by atoms with Gasteiger partial charge in [0.25, 0.3) is 0 Å². The minimum atomic E-state index is -0.0210. The van der Waals surface area contributed by atoms with E-state index < -0.39 is 0 Å². The summed E-state index contributed by atoms with van der Waals surface area (Å²) in [6.07, 6.45) is 5.36. The van der Waals surface area contributed by atoms with E-state index in [4.69, 9.17) is 14.2 Å². The van der Waals surface area contributed by atoms with Crippen LogP contribution in [0, 0.1) is 6.07 Å². The van der Waals surface area contributed by atoms with Gasteiger partial charge in [0.15, 0.2) is 0 Å². The van der Waals surface area contributed by atoms with Crippen LogP contribution in [0.5, 0.6) is 0 Å². The number of rotatable bonds is 14. The SMILES string of the molecule is CCCOC[C-]=O.O=[C-]COCCOCCCC(=O)c1cc[c-]cc1.[CH2]=[W].[W].[Y]. The van der Waals surface area contributed by atoms with Crippen molar-refractivity contribution >= 4 is 23.3 Å². The van der Waals surface area contributed by atoms with Gasteiger partial charge in [-0.15, -0.1) is 0 Å². The van der Waals surface area contributed by atoms with Crippen LogP contribution >= 0.6 is 0 Å². The van der Waals surface area contributed by atoms with E-state index in [1.165, 1.54) is 19.4 Å². The number of ether oxygens (including phenoxy) is 3. The van der Waals surface area contributed by atoms with Gasteiger partial charge in [0, 0.05) is 73.4 Å². The molecule has 1 aromatic rings. The predicted octanol–water partition coefficient (Wildman–Crippen LogP) is 2.08. The Kier molecular flexibility index (Phi) is 42.0. The van der Waals surface area contributed by atoms with Gasteiger partial charge in [0.05, 0.1) is 13.2 Å². The summed E-state index contributed by atoms with van der Waals surface area (Å²) in [5, 5.41) is 0. The summed E-state index contributed by atoms with van der Waals surface area (Å²) < 4.78 is 14.8. The Morgan fingerprint density at radius 2 is 1.52 bits per heavy atom. The first-order valence-electron chi connectivity index (χ1n) is 8.47. The van der Waals surface area contributed by atoms with Gasteiger partial charge in [-0.1, -0.05) is 12.5 Å². The van der Waals surface area contributed by atoms with Crippen molar-refractivity contribution in [3.63, 3.8) is 0 Å². The number of Topliss-reactive ketones (excluding diaryl/α,β-unsaturated/α-hetero) is 1. The molecule has 0 aromatic heterocycles. The molecule has 0 unspecified atom stereocenters. The molecule has 6 nitrogen and oxygen atoms in total. The minimum absolute atomic E-state index is 0. The van der Waals surface area contributed by atoms with Crippen LogP contribution < -0.4 is 0 Å². The summed E-state index contributed by atoms with van der Waals surface area (Å²) >= 11 is 1.33. The molecule has 0 aliphatic heterocycles. The summed E-state index contributed by atoms with van der Waals surface area (Å²) in [7, 11) is 0. The molecule has 29 heavy (non-hydrogen) atoms. The molecular weight excluding hydrogens is 793 g/mol. The Bertz CT molecular complexity index is 477. The molecule has 0 amide bonds. The molecule has 0 fully saturated rings. The van der Waals surface area contributed by atoms with Crippen LogP contribution in [0.3, 0.4) is 0 Å². The third-order valence-corrected chi connectivity index (χ3v) is 2.78. The normalized spacial score (nSPS) is 8.59. The maximum absolute atomic E-state index is 11.7. The molecule has 0 aliphatic rings. The van der Waals surface area contributed by atoms with Gasteiger partial charge in [0.1, 0.15) is 5.78 Å². The fraction of sp³-hybridized carbons (Fsp3) is 0.500. The largest absolute Gasteiger partial charge is 0 e. The minimum Gasteiger partial charge on any atom is 0 e. The second-order valence-electron chi connectivity index (χ2n) is 4.82. The van der Waals surface area contributed by atoms with Crippen LogP contribution in [0.4, 0.5) is 0 Å². The van der Waals surface area contributed by atoms with Crippen LogP contribution in [0.15, 0.2) is 24.3 Å². The fourth-order valence-corrected chi connectivity index (χ4v) is 1.64. The van der Waals surface area contributed by atoms with E-state index in [0.29, 0.717) is 44.8 Å². The van der Waals surface area contributed by atoms with Crippen molar-refractivity contribution in [3.05, 3.63) is 35.9 Å². The Hall–Kier alpha value is 0.461. The van der Waals surface area contributed by atoms with E-state index in [2.05, 4.69) is 11.0 Å². The van der Waals surface area contributed by atoms with Gasteiger partial charge in [-0.05, 0) is 26.1 Å².